The van der Waals surface area contributed by atoms with E-state index in [9.17, 15) is 22.4 Å². The van der Waals surface area contributed by atoms with Crippen LogP contribution in [-0.2, 0) is 17.5 Å². The SMILES string of the molecule is COc1ccc(CN2CCN(CC(=O)Nc3ccc(Cl)cc3C(F)(F)F)CC2)cc1F. The first-order valence-electron chi connectivity index (χ1n) is 9.59. The van der Waals surface area contributed by atoms with Crippen molar-refractivity contribution in [3.05, 3.63) is 58.4 Å². The van der Waals surface area contributed by atoms with E-state index in [-0.39, 0.29) is 23.0 Å². The molecule has 1 aliphatic rings. The maximum absolute atomic E-state index is 13.8. The van der Waals surface area contributed by atoms with Crippen molar-refractivity contribution in [1.82, 2.24) is 9.80 Å². The molecule has 1 saturated heterocycles. The third-order valence-electron chi connectivity index (χ3n) is 5.02. The largest absolute Gasteiger partial charge is 0.494 e. The minimum atomic E-state index is -4.62. The van der Waals surface area contributed by atoms with E-state index < -0.39 is 23.5 Å². The van der Waals surface area contributed by atoms with E-state index in [2.05, 4.69) is 10.2 Å². The molecule has 10 heteroatoms. The van der Waals surface area contributed by atoms with Gasteiger partial charge >= 0.3 is 6.18 Å². The topological polar surface area (TPSA) is 44.8 Å². The third kappa shape index (κ3) is 6.32. The minimum Gasteiger partial charge on any atom is -0.494 e. The summed E-state index contributed by atoms with van der Waals surface area (Å²) >= 11 is 5.66. The highest BCUT2D eigenvalue weighted by molar-refractivity contribution is 6.30. The van der Waals surface area contributed by atoms with Gasteiger partial charge in [-0.25, -0.2) is 4.39 Å². The number of rotatable bonds is 6. The summed E-state index contributed by atoms with van der Waals surface area (Å²) in [5, 5.41) is 2.28. The van der Waals surface area contributed by atoms with Gasteiger partial charge in [0.2, 0.25) is 5.91 Å². The fraction of sp³-hybridized carbons (Fsp3) is 0.381. The van der Waals surface area contributed by atoms with Crippen molar-refractivity contribution in [2.75, 3.05) is 45.2 Å². The highest BCUT2D eigenvalue weighted by atomic mass is 35.5. The van der Waals surface area contributed by atoms with Crippen molar-refractivity contribution >= 4 is 23.2 Å². The van der Waals surface area contributed by atoms with Crippen molar-refractivity contribution < 1.29 is 27.1 Å². The van der Waals surface area contributed by atoms with Crippen LogP contribution in [0.5, 0.6) is 5.75 Å². The average molecular weight is 460 g/mol. The van der Waals surface area contributed by atoms with Gasteiger partial charge in [-0.2, -0.15) is 13.2 Å². The minimum absolute atomic E-state index is 0.0229. The molecule has 1 fully saturated rings. The molecule has 0 spiro atoms. The number of halogens is 5. The smallest absolute Gasteiger partial charge is 0.418 e. The van der Waals surface area contributed by atoms with Crippen LogP contribution in [0, 0.1) is 5.82 Å². The van der Waals surface area contributed by atoms with Crippen molar-refractivity contribution in [3.8, 4) is 5.75 Å². The number of benzene rings is 2. The molecule has 1 heterocycles. The monoisotopic (exact) mass is 459 g/mol. The predicted octanol–water partition coefficient (Wildman–Crippen LogP) is 4.26. The van der Waals surface area contributed by atoms with Crippen LogP contribution in [0.2, 0.25) is 5.02 Å². The molecule has 0 atom stereocenters. The van der Waals surface area contributed by atoms with E-state index in [0.717, 1.165) is 17.7 Å². The number of nitrogens with zero attached hydrogens (tertiary/aromatic N) is 2. The van der Waals surface area contributed by atoms with E-state index in [4.69, 9.17) is 16.3 Å². The van der Waals surface area contributed by atoms with Crippen LogP contribution in [-0.4, -0.2) is 55.5 Å². The molecule has 0 radical (unpaired) electrons. The Morgan fingerprint density at radius 3 is 2.39 bits per heavy atom. The van der Waals surface area contributed by atoms with E-state index in [1.165, 1.54) is 19.2 Å². The number of alkyl halides is 3. The average Bonchev–Trinajstić information content (AvgIpc) is 2.70. The van der Waals surface area contributed by atoms with Crippen LogP contribution in [0.4, 0.5) is 23.2 Å². The fourth-order valence-electron chi connectivity index (χ4n) is 3.42. The number of anilines is 1. The van der Waals surface area contributed by atoms with Crippen LogP contribution < -0.4 is 10.1 Å². The second kappa shape index (κ2) is 9.84. The zero-order valence-corrected chi connectivity index (χ0v) is 17.6. The zero-order chi connectivity index (χ0) is 22.6. The Labute approximate surface area is 182 Å². The van der Waals surface area contributed by atoms with Gasteiger partial charge in [0, 0.05) is 37.7 Å². The first-order chi connectivity index (χ1) is 14.7. The number of carbonyl (C=O) groups is 1. The summed E-state index contributed by atoms with van der Waals surface area (Å²) in [6, 6.07) is 8.05. The number of nitrogens with one attached hydrogen (secondary N) is 1. The van der Waals surface area contributed by atoms with Crippen molar-refractivity contribution in [2.45, 2.75) is 12.7 Å². The molecule has 5 nitrogen and oxygen atoms in total. The Kier molecular flexibility index (Phi) is 7.40. The summed E-state index contributed by atoms with van der Waals surface area (Å²) in [5.41, 5.74) is -0.487. The van der Waals surface area contributed by atoms with Crippen molar-refractivity contribution in [3.63, 3.8) is 0 Å². The molecule has 0 aliphatic carbocycles. The molecule has 31 heavy (non-hydrogen) atoms. The number of piperazine rings is 1. The van der Waals surface area contributed by atoms with Gasteiger partial charge in [0.1, 0.15) is 0 Å². The Morgan fingerprint density at radius 1 is 1.10 bits per heavy atom. The van der Waals surface area contributed by atoms with Crippen molar-refractivity contribution in [1.29, 1.82) is 0 Å². The molecule has 1 amide bonds. The molecular weight excluding hydrogens is 438 g/mol. The maximum atomic E-state index is 13.8. The molecule has 2 aromatic carbocycles. The lowest BCUT2D eigenvalue weighted by Gasteiger charge is -2.34. The second-order valence-corrected chi connectivity index (χ2v) is 7.69. The summed E-state index contributed by atoms with van der Waals surface area (Å²) < 4.78 is 58.3. The van der Waals surface area contributed by atoms with Crippen LogP contribution >= 0.6 is 11.6 Å². The molecule has 0 aromatic heterocycles. The summed E-state index contributed by atoms with van der Waals surface area (Å²) in [5.74, 6) is -0.761. The normalized spacial score (nSPS) is 15.7. The molecule has 1 aliphatic heterocycles. The summed E-state index contributed by atoms with van der Waals surface area (Å²) in [4.78, 5) is 16.3. The quantitative estimate of drug-likeness (QED) is 0.656. The van der Waals surface area contributed by atoms with Gasteiger partial charge in [-0.1, -0.05) is 17.7 Å². The van der Waals surface area contributed by atoms with Gasteiger partial charge in [-0.3, -0.25) is 14.6 Å². The number of methoxy groups -OCH3 is 1. The molecular formula is C21H22ClF4N3O2. The van der Waals surface area contributed by atoms with Gasteiger partial charge in [0.05, 0.1) is 24.9 Å². The molecule has 0 unspecified atom stereocenters. The first kappa shape index (κ1) is 23.3. The summed E-state index contributed by atoms with van der Waals surface area (Å²) in [7, 11) is 1.41. The maximum Gasteiger partial charge on any atom is 0.418 e. The lowest BCUT2D eigenvalue weighted by molar-refractivity contribution is -0.137. The van der Waals surface area contributed by atoms with E-state index in [0.29, 0.717) is 32.7 Å². The number of hydrogen-bond donors (Lipinski definition) is 1. The van der Waals surface area contributed by atoms with Gasteiger partial charge in [0.25, 0.3) is 0 Å². The third-order valence-corrected chi connectivity index (χ3v) is 5.25. The van der Waals surface area contributed by atoms with E-state index in [1.807, 2.05) is 4.90 Å². The Bertz CT molecular complexity index is 931. The molecule has 1 N–H and O–H groups in total. The van der Waals surface area contributed by atoms with Gasteiger partial charge in [-0.15, -0.1) is 0 Å². The molecule has 168 valence electrons. The lowest BCUT2D eigenvalue weighted by atomic mass is 10.1. The van der Waals surface area contributed by atoms with Gasteiger partial charge in [-0.05, 0) is 35.9 Å². The van der Waals surface area contributed by atoms with Crippen molar-refractivity contribution in [2.24, 2.45) is 0 Å². The number of carbonyl (C=O) groups excluding carboxylic acids is 1. The number of ether oxygens (including phenoxy) is 1. The van der Waals surface area contributed by atoms with E-state index in [1.54, 1.807) is 12.1 Å². The number of hydrogen-bond acceptors (Lipinski definition) is 4. The highest BCUT2D eigenvalue weighted by Gasteiger charge is 2.34. The molecule has 2 aromatic rings. The Hall–Kier alpha value is -2.36. The fourth-order valence-corrected chi connectivity index (χ4v) is 3.60. The lowest BCUT2D eigenvalue weighted by Crippen LogP contribution is -2.48. The summed E-state index contributed by atoms with van der Waals surface area (Å²) in [6.45, 7) is 2.97. The predicted molar refractivity (Wildman–Crippen MR) is 110 cm³/mol. The van der Waals surface area contributed by atoms with Crippen LogP contribution in [0.15, 0.2) is 36.4 Å². The Morgan fingerprint density at radius 2 is 1.77 bits per heavy atom. The molecule has 0 saturated carbocycles. The molecule has 3 rings (SSSR count). The summed E-state index contributed by atoms with van der Waals surface area (Å²) in [6.07, 6.45) is -4.62. The standard InChI is InChI=1S/C21H22ClF4N3O2/c1-31-19-5-2-14(10-17(19)23)12-28-6-8-29(9-7-28)13-20(30)27-18-4-3-15(22)11-16(18)21(24,25)26/h2-5,10-11H,6-9,12-13H2,1H3,(H,27,30). The zero-order valence-electron chi connectivity index (χ0n) is 16.8. The highest BCUT2D eigenvalue weighted by Crippen LogP contribution is 2.36. The first-order valence-corrected chi connectivity index (χ1v) is 9.97. The van der Waals surface area contributed by atoms with Gasteiger partial charge < -0.3 is 10.1 Å². The Balaban J connectivity index is 1.51. The number of amides is 1. The van der Waals surface area contributed by atoms with Crippen LogP contribution in [0.3, 0.4) is 0 Å². The van der Waals surface area contributed by atoms with E-state index >= 15 is 0 Å². The van der Waals surface area contributed by atoms with Gasteiger partial charge in [0.15, 0.2) is 11.6 Å². The second-order valence-electron chi connectivity index (χ2n) is 7.26. The molecule has 0 bridgehead atoms. The van der Waals surface area contributed by atoms with Crippen LogP contribution in [0.1, 0.15) is 11.1 Å². The van der Waals surface area contributed by atoms with Crippen LogP contribution in [0.25, 0.3) is 0 Å².